The van der Waals surface area contributed by atoms with Crippen LogP contribution in [0, 0.1) is 13.8 Å². The fourth-order valence-corrected chi connectivity index (χ4v) is 1.90. The SMILES string of the molecule is Cc1cc(C)c(C(=O)NC2CC2)cc1Br. The van der Waals surface area contributed by atoms with E-state index >= 15 is 0 Å². The molecule has 0 saturated heterocycles. The molecule has 1 fully saturated rings. The van der Waals surface area contributed by atoms with Crippen molar-refractivity contribution in [1.82, 2.24) is 5.32 Å². The number of amides is 1. The van der Waals surface area contributed by atoms with Gasteiger partial charge in [0.15, 0.2) is 0 Å². The third-order valence-corrected chi connectivity index (χ3v) is 3.52. The van der Waals surface area contributed by atoms with Gasteiger partial charge in [0, 0.05) is 16.1 Å². The number of hydrogen-bond acceptors (Lipinski definition) is 1. The average molecular weight is 268 g/mol. The zero-order valence-electron chi connectivity index (χ0n) is 8.93. The van der Waals surface area contributed by atoms with E-state index in [2.05, 4.69) is 21.2 Å². The van der Waals surface area contributed by atoms with Crippen molar-refractivity contribution < 1.29 is 4.79 Å². The Morgan fingerprint density at radius 3 is 2.60 bits per heavy atom. The maximum Gasteiger partial charge on any atom is 0.251 e. The van der Waals surface area contributed by atoms with E-state index in [-0.39, 0.29) is 5.91 Å². The van der Waals surface area contributed by atoms with Crippen molar-refractivity contribution in [2.75, 3.05) is 0 Å². The Kier molecular flexibility index (Phi) is 2.83. The summed E-state index contributed by atoms with van der Waals surface area (Å²) in [6, 6.07) is 4.35. The van der Waals surface area contributed by atoms with Gasteiger partial charge in [-0.05, 0) is 43.9 Å². The lowest BCUT2D eigenvalue weighted by molar-refractivity contribution is 0.0950. The number of carbonyl (C=O) groups excluding carboxylic acids is 1. The van der Waals surface area contributed by atoms with Gasteiger partial charge in [-0.15, -0.1) is 0 Å². The van der Waals surface area contributed by atoms with E-state index in [1.54, 1.807) is 0 Å². The zero-order valence-corrected chi connectivity index (χ0v) is 10.5. The van der Waals surface area contributed by atoms with Crippen LogP contribution in [0.1, 0.15) is 34.3 Å². The molecule has 0 atom stereocenters. The summed E-state index contributed by atoms with van der Waals surface area (Å²) in [5, 5.41) is 3.00. The first-order valence-electron chi connectivity index (χ1n) is 5.15. The van der Waals surface area contributed by atoms with Crippen LogP contribution in [0.15, 0.2) is 16.6 Å². The standard InChI is InChI=1S/C12H14BrNO/c1-7-5-8(2)11(13)6-10(7)12(15)14-9-3-4-9/h5-6,9H,3-4H2,1-2H3,(H,14,15). The molecule has 0 unspecified atom stereocenters. The molecular weight excluding hydrogens is 254 g/mol. The van der Waals surface area contributed by atoms with Gasteiger partial charge >= 0.3 is 0 Å². The molecule has 1 saturated carbocycles. The van der Waals surface area contributed by atoms with Gasteiger partial charge in [0.1, 0.15) is 0 Å². The molecule has 0 aliphatic heterocycles. The number of rotatable bonds is 2. The highest BCUT2D eigenvalue weighted by atomic mass is 79.9. The van der Waals surface area contributed by atoms with E-state index in [1.807, 2.05) is 26.0 Å². The fraction of sp³-hybridized carbons (Fsp3) is 0.417. The number of benzene rings is 1. The molecular formula is C12H14BrNO. The molecule has 1 aliphatic rings. The second-order valence-electron chi connectivity index (χ2n) is 4.16. The highest BCUT2D eigenvalue weighted by Gasteiger charge is 2.24. The molecule has 0 aromatic heterocycles. The Hall–Kier alpha value is -0.830. The molecule has 1 amide bonds. The van der Waals surface area contributed by atoms with Gasteiger partial charge in [0.25, 0.3) is 5.91 Å². The molecule has 1 aromatic rings. The van der Waals surface area contributed by atoms with Crippen molar-refractivity contribution in [1.29, 1.82) is 0 Å². The summed E-state index contributed by atoms with van der Waals surface area (Å²) in [5.41, 5.74) is 2.98. The van der Waals surface area contributed by atoms with Crippen LogP contribution in [0.3, 0.4) is 0 Å². The largest absolute Gasteiger partial charge is 0.349 e. The minimum atomic E-state index is 0.0516. The van der Waals surface area contributed by atoms with Crippen molar-refractivity contribution in [3.8, 4) is 0 Å². The lowest BCUT2D eigenvalue weighted by atomic mass is 10.1. The van der Waals surface area contributed by atoms with Gasteiger partial charge in [0.05, 0.1) is 0 Å². The maximum atomic E-state index is 11.8. The summed E-state index contributed by atoms with van der Waals surface area (Å²) in [6.45, 7) is 4.00. The van der Waals surface area contributed by atoms with Gasteiger partial charge in [-0.3, -0.25) is 4.79 Å². The molecule has 0 heterocycles. The van der Waals surface area contributed by atoms with Crippen LogP contribution >= 0.6 is 15.9 Å². The predicted molar refractivity (Wildman–Crippen MR) is 64.1 cm³/mol. The molecule has 80 valence electrons. The van der Waals surface area contributed by atoms with E-state index < -0.39 is 0 Å². The van der Waals surface area contributed by atoms with E-state index in [0.29, 0.717) is 6.04 Å². The molecule has 1 N–H and O–H groups in total. The van der Waals surface area contributed by atoms with Gasteiger partial charge in [-0.1, -0.05) is 22.0 Å². The van der Waals surface area contributed by atoms with Crippen LogP contribution in [0.4, 0.5) is 0 Å². The van der Waals surface area contributed by atoms with E-state index in [9.17, 15) is 4.79 Å². The van der Waals surface area contributed by atoms with Crippen LogP contribution in [0.25, 0.3) is 0 Å². The Morgan fingerprint density at radius 2 is 2.00 bits per heavy atom. The van der Waals surface area contributed by atoms with Crippen LogP contribution in [-0.4, -0.2) is 11.9 Å². The molecule has 1 aromatic carbocycles. The summed E-state index contributed by atoms with van der Waals surface area (Å²) in [5.74, 6) is 0.0516. The predicted octanol–water partition coefficient (Wildman–Crippen LogP) is 2.96. The van der Waals surface area contributed by atoms with Crippen LogP contribution in [0.5, 0.6) is 0 Å². The Morgan fingerprint density at radius 1 is 1.33 bits per heavy atom. The lowest BCUT2D eigenvalue weighted by Crippen LogP contribution is -2.26. The third kappa shape index (κ3) is 2.40. The number of hydrogen-bond donors (Lipinski definition) is 1. The van der Waals surface area contributed by atoms with Gasteiger partial charge in [-0.25, -0.2) is 0 Å². The zero-order chi connectivity index (χ0) is 11.0. The second-order valence-corrected chi connectivity index (χ2v) is 5.02. The molecule has 15 heavy (non-hydrogen) atoms. The van der Waals surface area contributed by atoms with Gasteiger partial charge in [0.2, 0.25) is 0 Å². The summed E-state index contributed by atoms with van der Waals surface area (Å²) >= 11 is 3.45. The molecule has 3 heteroatoms. The molecule has 2 nitrogen and oxygen atoms in total. The molecule has 0 spiro atoms. The van der Waals surface area contributed by atoms with Crippen molar-refractivity contribution in [3.63, 3.8) is 0 Å². The molecule has 1 aliphatic carbocycles. The van der Waals surface area contributed by atoms with Crippen molar-refractivity contribution >= 4 is 21.8 Å². The number of nitrogens with one attached hydrogen (secondary N) is 1. The summed E-state index contributed by atoms with van der Waals surface area (Å²) in [6.07, 6.45) is 2.25. The molecule has 2 rings (SSSR count). The van der Waals surface area contributed by atoms with E-state index in [0.717, 1.165) is 34.0 Å². The summed E-state index contributed by atoms with van der Waals surface area (Å²) < 4.78 is 0.994. The van der Waals surface area contributed by atoms with E-state index in [4.69, 9.17) is 0 Å². The first-order valence-corrected chi connectivity index (χ1v) is 5.95. The maximum absolute atomic E-state index is 11.8. The Balaban J connectivity index is 2.25. The van der Waals surface area contributed by atoms with Crippen LogP contribution < -0.4 is 5.32 Å². The normalized spacial score (nSPS) is 15.1. The molecule has 0 bridgehead atoms. The second kappa shape index (κ2) is 3.97. The van der Waals surface area contributed by atoms with Crippen LogP contribution in [0.2, 0.25) is 0 Å². The highest BCUT2D eigenvalue weighted by molar-refractivity contribution is 9.10. The number of carbonyl (C=O) groups is 1. The van der Waals surface area contributed by atoms with Crippen molar-refractivity contribution in [3.05, 3.63) is 33.3 Å². The minimum absolute atomic E-state index is 0.0516. The lowest BCUT2D eigenvalue weighted by Gasteiger charge is -2.09. The van der Waals surface area contributed by atoms with Crippen LogP contribution in [-0.2, 0) is 0 Å². The van der Waals surface area contributed by atoms with Crippen molar-refractivity contribution in [2.45, 2.75) is 32.7 Å². The van der Waals surface area contributed by atoms with E-state index in [1.165, 1.54) is 0 Å². The van der Waals surface area contributed by atoms with Gasteiger partial charge < -0.3 is 5.32 Å². The number of aryl methyl sites for hydroxylation is 2. The first kappa shape index (κ1) is 10.7. The Bertz CT molecular complexity index is 410. The topological polar surface area (TPSA) is 29.1 Å². The number of halogens is 1. The quantitative estimate of drug-likeness (QED) is 0.877. The highest BCUT2D eigenvalue weighted by Crippen LogP contribution is 2.23. The third-order valence-electron chi connectivity index (χ3n) is 2.66. The summed E-state index contributed by atoms with van der Waals surface area (Å²) in [4.78, 5) is 11.8. The molecule has 0 radical (unpaired) electrons. The minimum Gasteiger partial charge on any atom is -0.349 e. The fourth-order valence-electron chi connectivity index (χ4n) is 1.56. The van der Waals surface area contributed by atoms with Crippen molar-refractivity contribution in [2.24, 2.45) is 0 Å². The van der Waals surface area contributed by atoms with Gasteiger partial charge in [-0.2, -0.15) is 0 Å². The average Bonchev–Trinajstić information content (AvgIpc) is 2.95. The Labute approximate surface area is 98.2 Å². The smallest absolute Gasteiger partial charge is 0.251 e. The monoisotopic (exact) mass is 267 g/mol. The first-order chi connectivity index (χ1) is 7.08. The summed E-state index contributed by atoms with van der Waals surface area (Å²) in [7, 11) is 0.